The first-order valence-corrected chi connectivity index (χ1v) is 7.12. The normalized spacial score (nSPS) is 22.9. The number of anilines is 1. The average Bonchev–Trinajstić information content (AvgIpc) is 2.42. The molecule has 0 unspecified atom stereocenters. The molecule has 0 spiro atoms. The molecule has 2 N–H and O–H groups in total. The Morgan fingerprint density at radius 1 is 1.20 bits per heavy atom. The van der Waals surface area contributed by atoms with Crippen LogP contribution < -0.4 is 5.32 Å². The van der Waals surface area contributed by atoms with Gasteiger partial charge >= 0.3 is 0 Å². The predicted molar refractivity (Wildman–Crippen MR) is 78.3 cm³/mol. The van der Waals surface area contributed by atoms with Crippen molar-refractivity contribution in [3.05, 3.63) is 35.8 Å². The summed E-state index contributed by atoms with van der Waals surface area (Å²) in [4.78, 5) is 4.36. The van der Waals surface area contributed by atoms with Crippen LogP contribution in [0.4, 0.5) is 10.2 Å². The van der Waals surface area contributed by atoms with E-state index in [0.29, 0.717) is 6.04 Å². The maximum Gasteiger partial charge on any atom is 0.126 e. The summed E-state index contributed by atoms with van der Waals surface area (Å²) in [5, 5.41) is 14.8. The van der Waals surface area contributed by atoms with Gasteiger partial charge in [-0.05, 0) is 61.8 Å². The fourth-order valence-corrected chi connectivity index (χ4v) is 2.91. The molecule has 2 aromatic rings. The Bertz CT molecular complexity index is 621. The number of aliphatic hydroxyl groups excluding tert-OH is 1. The fraction of sp³-hybridized carbons (Fsp3) is 0.438. The van der Waals surface area contributed by atoms with Crippen LogP contribution in [0, 0.1) is 12.7 Å². The first-order valence-electron chi connectivity index (χ1n) is 7.12. The van der Waals surface area contributed by atoms with E-state index in [1.54, 1.807) is 12.3 Å². The minimum absolute atomic E-state index is 0.150. The number of aromatic nitrogens is 1. The van der Waals surface area contributed by atoms with Crippen LogP contribution in [0.2, 0.25) is 0 Å². The van der Waals surface area contributed by atoms with Crippen LogP contribution in [0.5, 0.6) is 0 Å². The Kier molecular flexibility index (Phi) is 3.57. The highest BCUT2D eigenvalue weighted by molar-refractivity contribution is 5.87. The third-order valence-corrected chi connectivity index (χ3v) is 4.06. The molecule has 20 heavy (non-hydrogen) atoms. The Labute approximate surface area is 117 Å². The second kappa shape index (κ2) is 5.37. The third-order valence-electron chi connectivity index (χ3n) is 4.06. The molecule has 0 aliphatic heterocycles. The van der Waals surface area contributed by atoms with E-state index in [-0.39, 0.29) is 11.9 Å². The Morgan fingerprint density at radius 3 is 2.70 bits per heavy atom. The van der Waals surface area contributed by atoms with Crippen molar-refractivity contribution in [1.29, 1.82) is 0 Å². The highest BCUT2D eigenvalue weighted by Crippen LogP contribution is 2.25. The van der Waals surface area contributed by atoms with E-state index in [4.69, 9.17) is 0 Å². The standard InChI is InChI=1S/C16H19FN2O/c1-10-6-12(17)7-11-9-18-16(8-15(10)11)19-13-2-4-14(20)5-3-13/h6-9,13-14,20H,2-5H2,1H3,(H,18,19)/t13-,14-. The van der Waals surface area contributed by atoms with Gasteiger partial charge in [0.15, 0.2) is 0 Å². The molecule has 1 aliphatic rings. The van der Waals surface area contributed by atoms with Crippen molar-refractivity contribution in [3.8, 4) is 0 Å². The number of hydrogen-bond acceptors (Lipinski definition) is 3. The van der Waals surface area contributed by atoms with Gasteiger partial charge in [0.1, 0.15) is 11.6 Å². The molecule has 1 fully saturated rings. The van der Waals surface area contributed by atoms with Crippen LogP contribution in [0.25, 0.3) is 10.8 Å². The monoisotopic (exact) mass is 274 g/mol. The van der Waals surface area contributed by atoms with Crippen molar-refractivity contribution in [2.45, 2.75) is 44.8 Å². The topological polar surface area (TPSA) is 45.2 Å². The lowest BCUT2D eigenvalue weighted by molar-refractivity contribution is 0.126. The van der Waals surface area contributed by atoms with Crippen LogP contribution >= 0.6 is 0 Å². The maximum absolute atomic E-state index is 13.3. The molecule has 0 bridgehead atoms. The molecule has 106 valence electrons. The van der Waals surface area contributed by atoms with Gasteiger partial charge in [-0.3, -0.25) is 0 Å². The van der Waals surface area contributed by atoms with Crippen molar-refractivity contribution in [2.75, 3.05) is 5.32 Å². The third kappa shape index (κ3) is 2.75. The minimum Gasteiger partial charge on any atom is -0.393 e. The van der Waals surface area contributed by atoms with E-state index in [9.17, 15) is 9.50 Å². The van der Waals surface area contributed by atoms with Crippen LogP contribution in [0.15, 0.2) is 24.4 Å². The van der Waals surface area contributed by atoms with Gasteiger partial charge in [-0.2, -0.15) is 0 Å². The number of fused-ring (bicyclic) bond motifs is 1. The zero-order valence-corrected chi connectivity index (χ0v) is 11.6. The summed E-state index contributed by atoms with van der Waals surface area (Å²) in [7, 11) is 0. The van der Waals surface area contributed by atoms with Gasteiger partial charge in [-0.25, -0.2) is 9.37 Å². The van der Waals surface area contributed by atoms with Crippen LogP contribution in [0.1, 0.15) is 31.2 Å². The van der Waals surface area contributed by atoms with Crippen LogP contribution in [-0.2, 0) is 0 Å². The number of nitrogens with zero attached hydrogens (tertiary/aromatic N) is 1. The maximum atomic E-state index is 13.3. The van der Waals surface area contributed by atoms with E-state index in [2.05, 4.69) is 10.3 Å². The van der Waals surface area contributed by atoms with Crippen molar-refractivity contribution in [2.24, 2.45) is 0 Å². The fourth-order valence-electron chi connectivity index (χ4n) is 2.91. The lowest BCUT2D eigenvalue weighted by Gasteiger charge is -2.26. The van der Waals surface area contributed by atoms with E-state index < -0.39 is 0 Å². The van der Waals surface area contributed by atoms with E-state index in [1.807, 2.05) is 13.0 Å². The smallest absolute Gasteiger partial charge is 0.126 e. The summed E-state index contributed by atoms with van der Waals surface area (Å²) in [6, 6.07) is 5.40. The molecule has 1 heterocycles. The Hall–Kier alpha value is -1.68. The van der Waals surface area contributed by atoms with Crippen molar-refractivity contribution < 1.29 is 9.50 Å². The zero-order chi connectivity index (χ0) is 14.1. The number of benzene rings is 1. The largest absolute Gasteiger partial charge is 0.393 e. The molecule has 1 aromatic heterocycles. The highest BCUT2D eigenvalue weighted by atomic mass is 19.1. The Balaban J connectivity index is 1.82. The van der Waals surface area contributed by atoms with Crippen molar-refractivity contribution in [1.82, 2.24) is 4.98 Å². The zero-order valence-electron chi connectivity index (χ0n) is 11.6. The first-order chi connectivity index (χ1) is 9.61. The average molecular weight is 274 g/mol. The van der Waals surface area contributed by atoms with Crippen LogP contribution in [0.3, 0.4) is 0 Å². The Morgan fingerprint density at radius 2 is 1.95 bits per heavy atom. The van der Waals surface area contributed by atoms with Crippen LogP contribution in [-0.4, -0.2) is 22.2 Å². The minimum atomic E-state index is -0.223. The van der Waals surface area contributed by atoms with Crippen molar-refractivity contribution in [3.63, 3.8) is 0 Å². The SMILES string of the molecule is Cc1cc(F)cc2cnc(N[C@H]3CC[C@H](O)CC3)cc12. The molecule has 1 saturated carbocycles. The summed E-state index contributed by atoms with van der Waals surface area (Å²) in [5.74, 6) is 0.604. The number of hydrogen-bond donors (Lipinski definition) is 2. The molecule has 0 saturated heterocycles. The molecule has 3 rings (SSSR count). The van der Waals surface area contributed by atoms with Gasteiger partial charge in [0.25, 0.3) is 0 Å². The number of nitrogens with one attached hydrogen (secondary N) is 1. The summed E-state index contributed by atoms with van der Waals surface area (Å²) in [6.07, 6.45) is 5.17. The highest BCUT2D eigenvalue weighted by Gasteiger charge is 2.19. The quantitative estimate of drug-likeness (QED) is 0.882. The summed E-state index contributed by atoms with van der Waals surface area (Å²) < 4.78 is 13.3. The van der Waals surface area contributed by atoms with Gasteiger partial charge < -0.3 is 10.4 Å². The summed E-state index contributed by atoms with van der Waals surface area (Å²) in [5.41, 5.74) is 0.921. The summed E-state index contributed by atoms with van der Waals surface area (Å²) >= 11 is 0. The first kappa shape index (κ1) is 13.3. The van der Waals surface area contributed by atoms with E-state index in [1.165, 1.54) is 6.07 Å². The summed E-state index contributed by atoms with van der Waals surface area (Å²) in [6.45, 7) is 1.91. The molecule has 0 atom stereocenters. The molecular formula is C16H19FN2O. The molecule has 1 aromatic carbocycles. The number of aryl methyl sites for hydroxylation is 1. The van der Waals surface area contributed by atoms with Gasteiger partial charge in [0.2, 0.25) is 0 Å². The lowest BCUT2D eigenvalue weighted by Crippen LogP contribution is -2.28. The number of halogens is 1. The second-order valence-electron chi connectivity index (χ2n) is 5.66. The molecule has 0 radical (unpaired) electrons. The lowest BCUT2D eigenvalue weighted by atomic mass is 9.93. The second-order valence-corrected chi connectivity index (χ2v) is 5.66. The van der Waals surface area contributed by atoms with Gasteiger partial charge in [0.05, 0.1) is 6.10 Å². The number of pyridine rings is 1. The number of rotatable bonds is 2. The van der Waals surface area contributed by atoms with Gasteiger partial charge in [0, 0.05) is 17.6 Å². The van der Waals surface area contributed by atoms with E-state index in [0.717, 1.165) is 47.8 Å². The number of aliphatic hydroxyl groups is 1. The van der Waals surface area contributed by atoms with Gasteiger partial charge in [-0.1, -0.05) is 0 Å². The van der Waals surface area contributed by atoms with E-state index >= 15 is 0 Å². The molecular weight excluding hydrogens is 255 g/mol. The predicted octanol–water partition coefficient (Wildman–Crippen LogP) is 3.40. The van der Waals surface area contributed by atoms with Gasteiger partial charge in [-0.15, -0.1) is 0 Å². The van der Waals surface area contributed by atoms with Crippen molar-refractivity contribution >= 4 is 16.6 Å². The molecule has 4 heteroatoms. The molecule has 3 nitrogen and oxygen atoms in total. The molecule has 1 aliphatic carbocycles. The molecule has 0 amide bonds.